The van der Waals surface area contributed by atoms with Gasteiger partial charge in [-0.05, 0) is 12.1 Å². The van der Waals surface area contributed by atoms with Gasteiger partial charge >= 0.3 is 0 Å². The average molecular weight is 209 g/mol. The Labute approximate surface area is 94.0 Å². The number of rotatable bonds is 1. The second-order valence-corrected chi connectivity index (χ2v) is 3.76. The van der Waals surface area contributed by atoms with Crippen molar-refractivity contribution in [1.82, 2.24) is 4.98 Å². The molecule has 3 nitrogen and oxygen atoms in total. The van der Waals surface area contributed by atoms with Gasteiger partial charge in [-0.25, -0.2) is 0 Å². The fourth-order valence-electron chi connectivity index (χ4n) is 1.84. The molecule has 0 N–H and O–H groups in total. The first kappa shape index (κ1) is 9.21. The maximum atomic E-state index is 4.64. The van der Waals surface area contributed by atoms with E-state index < -0.39 is 0 Å². The van der Waals surface area contributed by atoms with Crippen molar-refractivity contribution >= 4 is 11.9 Å². The van der Waals surface area contributed by atoms with Crippen LogP contribution >= 0.6 is 0 Å². The lowest BCUT2D eigenvalue weighted by Gasteiger charge is -2.21. The number of allylic oxidation sites excluding steroid dienone is 2. The lowest BCUT2D eigenvalue weighted by molar-refractivity contribution is 0.699. The van der Waals surface area contributed by atoms with Crippen molar-refractivity contribution in [2.24, 2.45) is 9.98 Å². The first-order chi connectivity index (χ1) is 7.93. The highest BCUT2D eigenvalue weighted by Gasteiger charge is 2.21. The van der Waals surface area contributed by atoms with Crippen LogP contribution in [0.3, 0.4) is 0 Å². The predicted octanol–water partition coefficient (Wildman–Crippen LogP) is 1.82. The highest BCUT2D eigenvalue weighted by atomic mass is 15.0. The first-order valence-corrected chi connectivity index (χ1v) is 5.31. The molecule has 0 amide bonds. The molecule has 0 spiro atoms. The number of aromatic nitrogens is 1. The summed E-state index contributed by atoms with van der Waals surface area (Å²) in [5.41, 5.74) is 1.74. The van der Waals surface area contributed by atoms with Gasteiger partial charge in [0.15, 0.2) is 0 Å². The normalized spacial score (nSPS) is 26.4. The van der Waals surface area contributed by atoms with E-state index in [1.54, 1.807) is 6.20 Å². The summed E-state index contributed by atoms with van der Waals surface area (Å²) in [7, 11) is 0. The quantitative estimate of drug-likeness (QED) is 0.695. The second kappa shape index (κ2) is 3.85. The number of nitrogens with zero attached hydrogens (tertiary/aromatic N) is 3. The Balaban J connectivity index is 1.94. The zero-order chi connectivity index (χ0) is 10.8. The van der Waals surface area contributed by atoms with E-state index >= 15 is 0 Å². The Bertz CT molecular complexity index is 497. The molecular formula is C13H11N3. The van der Waals surface area contributed by atoms with E-state index in [1.807, 2.05) is 36.6 Å². The minimum Gasteiger partial charge on any atom is -0.281 e. The zero-order valence-corrected chi connectivity index (χ0v) is 8.69. The summed E-state index contributed by atoms with van der Waals surface area (Å²) >= 11 is 0. The molecule has 2 heterocycles. The molecule has 2 aliphatic rings. The Kier molecular flexibility index (Phi) is 2.22. The lowest BCUT2D eigenvalue weighted by Crippen LogP contribution is -2.27. The molecule has 1 aromatic heterocycles. The standard InChI is InChI=1S/C13H11N3/c1-2-7-12-10(5-1)15-9-13(16-12)11-6-3-4-8-14-11/h1-10,12H. The van der Waals surface area contributed by atoms with Crippen molar-refractivity contribution in [3.63, 3.8) is 0 Å². The van der Waals surface area contributed by atoms with E-state index in [4.69, 9.17) is 0 Å². The third kappa shape index (κ3) is 1.60. The number of fused-ring (bicyclic) bond motifs is 1. The van der Waals surface area contributed by atoms with Crippen LogP contribution in [0.5, 0.6) is 0 Å². The van der Waals surface area contributed by atoms with E-state index in [2.05, 4.69) is 27.1 Å². The fourth-order valence-corrected chi connectivity index (χ4v) is 1.84. The molecule has 0 saturated heterocycles. The number of aliphatic imine (C=N–C) groups is 2. The molecule has 0 bridgehead atoms. The summed E-state index contributed by atoms with van der Waals surface area (Å²) in [4.78, 5) is 13.4. The number of hydrogen-bond acceptors (Lipinski definition) is 3. The van der Waals surface area contributed by atoms with Crippen LogP contribution in [0, 0.1) is 0 Å². The fraction of sp³-hybridized carbons (Fsp3) is 0.154. The van der Waals surface area contributed by atoms with Crippen LogP contribution in [0.4, 0.5) is 0 Å². The molecule has 2 atom stereocenters. The van der Waals surface area contributed by atoms with Gasteiger partial charge in [-0.3, -0.25) is 15.0 Å². The van der Waals surface area contributed by atoms with Crippen LogP contribution in [0.25, 0.3) is 0 Å². The van der Waals surface area contributed by atoms with Gasteiger partial charge in [0.1, 0.15) is 5.71 Å². The van der Waals surface area contributed by atoms with Crippen LogP contribution in [0.15, 0.2) is 58.7 Å². The molecule has 0 radical (unpaired) electrons. The Morgan fingerprint density at radius 1 is 1.00 bits per heavy atom. The Morgan fingerprint density at radius 2 is 1.88 bits per heavy atom. The van der Waals surface area contributed by atoms with Gasteiger partial charge in [0.05, 0.1) is 17.8 Å². The lowest BCUT2D eigenvalue weighted by atomic mass is 10.0. The minimum atomic E-state index is 0.131. The van der Waals surface area contributed by atoms with Crippen LogP contribution < -0.4 is 0 Å². The van der Waals surface area contributed by atoms with Gasteiger partial charge in [-0.1, -0.05) is 30.4 Å². The summed E-state index contributed by atoms with van der Waals surface area (Å²) in [6, 6.07) is 6.11. The van der Waals surface area contributed by atoms with Gasteiger partial charge in [0.25, 0.3) is 0 Å². The van der Waals surface area contributed by atoms with Crippen molar-refractivity contribution in [3.05, 3.63) is 54.4 Å². The van der Waals surface area contributed by atoms with E-state index in [9.17, 15) is 0 Å². The van der Waals surface area contributed by atoms with E-state index in [-0.39, 0.29) is 12.1 Å². The molecule has 0 aromatic carbocycles. The molecule has 3 heteroatoms. The molecule has 1 aromatic rings. The maximum absolute atomic E-state index is 4.64. The van der Waals surface area contributed by atoms with Crippen molar-refractivity contribution in [3.8, 4) is 0 Å². The van der Waals surface area contributed by atoms with Crippen molar-refractivity contribution in [1.29, 1.82) is 0 Å². The summed E-state index contributed by atoms with van der Waals surface area (Å²) in [5.74, 6) is 0. The molecule has 1 aliphatic carbocycles. The molecule has 78 valence electrons. The third-order valence-electron chi connectivity index (χ3n) is 2.66. The summed E-state index contributed by atoms with van der Waals surface area (Å²) in [6.07, 6.45) is 11.8. The highest BCUT2D eigenvalue weighted by molar-refractivity contribution is 6.38. The topological polar surface area (TPSA) is 37.6 Å². The first-order valence-electron chi connectivity index (χ1n) is 5.31. The molecular weight excluding hydrogens is 198 g/mol. The predicted molar refractivity (Wildman–Crippen MR) is 65.1 cm³/mol. The van der Waals surface area contributed by atoms with E-state index in [0.717, 1.165) is 11.4 Å². The van der Waals surface area contributed by atoms with Gasteiger partial charge in [0.2, 0.25) is 0 Å². The summed E-state index contributed by atoms with van der Waals surface area (Å²) in [6.45, 7) is 0. The number of pyridine rings is 1. The van der Waals surface area contributed by atoms with Crippen molar-refractivity contribution < 1.29 is 0 Å². The van der Waals surface area contributed by atoms with E-state index in [1.165, 1.54) is 0 Å². The third-order valence-corrected chi connectivity index (χ3v) is 2.66. The number of hydrogen-bond donors (Lipinski definition) is 0. The van der Waals surface area contributed by atoms with Crippen LogP contribution in [-0.4, -0.2) is 29.0 Å². The van der Waals surface area contributed by atoms with Crippen molar-refractivity contribution in [2.75, 3.05) is 0 Å². The molecule has 0 saturated carbocycles. The molecule has 3 rings (SSSR count). The van der Waals surface area contributed by atoms with Crippen LogP contribution in [0.2, 0.25) is 0 Å². The zero-order valence-electron chi connectivity index (χ0n) is 8.69. The minimum absolute atomic E-state index is 0.131. The molecule has 0 fully saturated rings. The Morgan fingerprint density at radius 3 is 2.69 bits per heavy atom. The molecule has 16 heavy (non-hydrogen) atoms. The van der Waals surface area contributed by atoms with Gasteiger partial charge in [-0.15, -0.1) is 0 Å². The van der Waals surface area contributed by atoms with Gasteiger partial charge in [0, 0.05) is 12.4 Å². The molecule has 1 aliphatic heterocycles. The maximum Gasteiger partial charge on any atom is 0.102 e. The second-order valence-electron chi connectivity index (χ2n) is 3.76. The average Bonchev–Trinajstić information content (AvgIpc) is 2.39. The molecule has 2 unspecified atom stereocenters. The highest BCUT2D eigenvalue weighted by Crippen LogP contribution is 2.16. The van der Waals surface area contributed by atoms with Crippen LogP contribution in [-0.2, 0) is 0 Å². The summed E-state index contributed by atoms with van der Waals surface area (Å²) < 4.78 is 0. The van der Waals surface area contributed by atoms with E-state index in [0.29, 0.717) is 0 Å². The Hall–Kier alpha value is -2.03. The van der Waals surface area contributed by atoms with Gasteiger partial charge in [-0.2, -0.15) is 0 Å². The summed E-state index contributed by atoms with van der Waals surface area (Å²) in [5, 5.41) is 0. The largest absolute Gasteiger partial charge is 0.281 e. The smallest absolute Gasteiger partial charge is 0.102 e. The SMILES string of the molecule is C1=CC2N=CC(c3ccccn3)=NC2C=C1. The monoisotopic (exact) mass is 209 g/mol. The van der Waals surface area contributed by atoms with Gasteiger partial charge < -0.3 is 0 Å². The van der Waals surface area contributed by atoms with Crippen LogP contribution in [0.1, 0.15) is 5.69 Å². The van der Waals surface area contributed by atoms with Crippen molar-refractivity contribution in [2.45, 2.75) is 12.1 Å².